The molecule has 6 nitrogen and oxygen atoms in total. The van der Waals surface area contributed by atoms with Crippen LogP contribution in [0, 0.1) is 15.9 Å². The average Bonchev–Trinajstić information content (AvgIpc) is 2.37. The van der Waals surface area contributed by atoms with Crippen molar-refractivity contribution in [3.63, 3.8) is 0 Å². The average molecular weight is 268 g/mol. The number of amides is 1. The highest BCUT2D eigenvalue weighted by Gasteiger charge is 2.16. The largest absolute Gasteiger partial charge is 0.502 e. The molecule has 1 aromatic rings. The fourth-order valence-electron chi connectivity index (χ4n) is 1.34. The number of hydrogen-bond acceptors (Lipinski definition) is 4. The molecular formula is C12H13FN2O4. The van der Waals surface area contributed by atoms with E-state index in [-0.39, 0.29) is 5.56 Å². The van der Waals surface area contributed by atoms with Crippen LogP contribution in [-0.2, 0) is 4.74 Å². The summed E-state index contributed by atoms with van der Waals surface area (Å²) in [5, 5.41) is 13.0. The van der Waals surface area contributed by atoms with Crippen LogP contribution in [0.2, 0.25) is 0 Å². The molecule has 0 aliphatic heterocycles. The van der Waals surface area contributed by atoms with Crippen LogP contribution in [0.15, 0.2) is 31.0 Å². The van der Waals surface area contributed by atoms with Crippen LogP contribution in [0.1, 0.15) is 16.8 Å². The van der Waals surface area contributed by atoms with Crippen molar-refractivity contribution in [2.45, 2.75) is 6.42 Å². The molecule has 0 bridgehead atoms. The molecule has 19 heavy (non-hydrogen) atoms. The van der Waals surface area contributed by atoms with E-state index in [0.29, 0.717) is 19.6 Å². The fraction of sp³-hybridized carbons (Fsp3) is 0.250. The van der Waals surface area contributed by atoms with Gasteiger partial charge in [0.05, 0.1) is 17.8 Å². The van der Waals surface area contributed by atoms with Gasteiger partial charge in [-0.1, -0.05) is 6.58 Å². The van der Waals surface area contributed by atoms with Crippen molar-refractivity contribution in [2.75, 3.05) is 13.2 Å². The minimum atomic E-state index is -1.03. The summed E-state index contributed by atoms with van der Waals surface area (Å²) in [6.45, 7) is 4.13. The van der Waals surface area contributed by atoms with E-state index in [2.05, 4.69) is 11.9 Å². The fourth-order valence-corrected chi connectivity index (χ4v) is 1.34. The number of carbonyl (C=O) groups excluding carboxylic acids is 1. The van der Waals surface area contributed by atoms with E-state index in [4.69, 9.17) is 4.74 Å². The van der Waals surface area contributed by atoms with Crippen molar-refractivity contribution in [3.05, 3.63) is 52.5 Å². The van der Waals surface area contributed by atoms with Gasteiger partial charge in [0.1, 0.15) is 0 Å². The van der Waals surface area contributed by atoms with E-state index in [0.717, 1.165) is 12.1 Å². The molecule has 0 radical (unpaired) electrons. The molecule has 0 saturated heterocycles. The number of nitrogens with zero attached hydrogens (tertiary/aromatic N) is 1. The summed E-state index contributed by atoms with van der Waals surface area (Å²) in [4.78, 5) is 21.2. The molecule has 0 aromatic heterocycles. The molecule has 0 spiro atoms. The highest BCUT2D eigenvalue weighted by atomic mass is 19.1. The highest BCUT2D eigenvalue weighted by Crippen LogP contribution is 2.17. The van der Waals surface area contributed by atoms with Crippen LogP contribution in [0.25, 0.3) is 0 Å². The Morgan fingerprint density at radius 1 is 1.58 bits per heavy atom. The van der Waals surface area contributed by atoms with Gasteiger partial charge in [-0.05, 0) is 18.6 Å². The first-order valence-corrected chi connectivity index (χ1v) is 5.51. The number of ether oxygens (including phenoxy) is 1. The van der Waals surface area contributed by atoms with Crippen molar-refractivity contribution in [3.8, 4) is 0 Å². The third-order valence-corrected chi connectivity index (χ3v) is 2.25. The normalized spacial score (nSPS) is 9.74. The summed E-state index contributed by atoms with van der Waals surface area (Å²) >= 11 is 0. The van der Waals surface area contributed by atoms with Gasteiger partial charge >= 0.3 is 5.69 Å². The van der Waals surface area contributed by atoms with Gasteiger partial charge in [-0.2, -0.15) is 4.39 Å². The number of hydrogen-bond donors (Lipinski definition) is 1. The maximum Gasteiger partial charge on any atom is 0.304 e. The summed E-state index contributed by atoms with van der Waals surface area (Å²) in [6.07, 6.45) is 1.88. The summed E-state index contributed by atoms with van der Waals surface area (Å²) in [6, 6.07) is 3.01. The first-order valence-electron chi connectivity index (χ1n) is 5.51. The number of nitro benzene ring substituents is 1. The van der Waals surface area contributed by atoms with Crippen molar-refractivity contribution >= 4 is 11.6 Å². The highest BCUT2D eigenvalue weighted by molar-refractivity contribution is 5.94. The minimum absolute atomic E-state index is 0.0349. The topological polar surface area (TPSA) is 81.5 Å². The Hall–Kier alpha value is -2.44. The lowest BCUT2D eigenvalue weighted by atomic mass is 10.2. The smallest absolute Gasteiger partial charge is 0.304 e. The van der Waals surface area contributed by atoms with Crippen LogP contribution in [0.4, 0.5) is 10.1 Å². The Balaban J connectivity index is 2.55. The maximum absolute atomic E-state index is 13.3. The molecule has 102 valence electrons. The lowest BCUT2D eigenvalue weighted by molar-refractivity contribution is -0.387. The van der Waals surface area contributed by atoms with Gasteiger partial charge < -0.3 is 10.1 Å². The number of benzene rings is 1. The standard InChI is InChI=1S/C12H13FN2O4/c1-2-19-7-3-6-14-12(16)9-4-5-11(15(17)18)10(13)8-9/h2,4-5,8H,1,3,6-7H2,(H,14,16). The second kappa shape index (κ2) is 7.10. The molecular weight excluding hydrogens is 255 g/mol. The number of rotatable bonds is 7. The first kappa shape index (κ1) is 14.6. The molecule has 1 amide bonds. The quantitative estimate of drug-likeness (QED) is 0.355. The van der Waals surface area contributed by atoms with Crippen LogP contribution in [0.3, 0.4) is 0 Å². The van der Waals surface area contributed by atoms with E-state index in [9.17, 15) is 19.3 Å². The molecule has 7 heteroatoms. The Kier molecular flexibility index (Phi) is 5.46. The van der Waals surface area contributed by atoms with Gasteiger partial charge in [0.15, 0.2) is 0 Å². The lowest BCUT2D eigenvalue weighted by Gasteiger charge is -2.05. The number of nitrogens with one attached hydrogen (secondary N) is 1. The molecule has 1 aromatic carbocycles. The van der Waals surface area contributed by atoms with Crippen LogP contribution in [0.5, 0.6) is 0 Å². The zero-order valence-electron chi connectivity index (χ0n) is 10.1. The van der Waals surface area contributed by atoms with Gasteiger partial charge in [-0.25, -0.2) is 0 Å². The van der Waals surface area contributed by atoms with E-state index in [1.807, 2.05) is 0 Å². The molecule has 0 heterocycles. The molecule has 0 saturated carbocycles. The third kappa shape index (κ3) is 4.38. The molecule has 1 rings (SSSR count). The molecule has 0 aliphatic carbocycles. The maximum atomic E-state index is 13.3. The second-order valence-electron chi connectivity index (χ2n) is 3.57. The van der Waals surface area contributed by atoms with Crippen LogP contribution in [-0.4, -0.2) is 24.0 Å². The SMILES string of the molecule is C=COCCCNC(=O)c1ccc([N+](=O)[O-])c(F)c1. The molecule has 0 unspecified atom stereocenters. The predicted octanol–water partition coefficient (Wildman–Crippen LogP) is 2.01. The van der Waals surface area contributed by atoms with Gasteiger partial charge in [0.25, 0.3) is 5.91 Å². The summed E-state index contributed by atoms with van der Waals surface area (Å²) in [5.41, 5.74) is -0.622. The van der Waals surface area contributed by atoms with Crippen molar-refractivity contribution in [1.29, 1.82) is 0 Å². The summed E-state index contributed by atoms with van der Waals surface area (Å²) in [7, 11) is 0. The monoisotopic (exact) mass is 268 g/mol. The van der Waals surface area contributed by atoms with Crippen molar-refractivity contribution in [2.24, 2.45) is 0 Å². The Labute approximate surface area is 109 Å². The minimum Gasteiger partial charge on any atom is -0.502 e. The van der Waals surface area contributed by atoms with Crippen molar-refractivity contribution < 1.29 is 18.8 Å². The van der Waals surface area contributed by atoms with Gasteiger partial charge in [0, 0.05) is 18.2 Å². The second-order valence-corrected chi connectivity index (χ2v) is 3.57. The van der Waals surface area contributed by atoms with Crippen LogP contribution >= 0.6 is 0 Å². The number of carbonyl (C=O) groups is 1. The predicted molar refractivity (Wildman–Crippen MR) is 66.2 cm³/mol. The summed E-state index contributed by atoms with van der Waals surface area (Å²) < 4.78 is 18.2. The number of nitro groups is 1. The zero-order chi connectivity index (χ0) is 14.3. The van der Waals surface area contributed by atoms with E-state index in [1.165, 1.54) is 12.3 Å². The molecule has 0 atom stereocenters. The molecule has 0 fully saturated rings. The Bertz CT molecular complexity index is 491. The van der Waals surface area contributed by atoms with E-state index in [1.54, 1.807) is 0 Å². The van der Waals surface area contributed by atoms with E-state index >= 15 is 0 Å². The first-order chi connectivity index (χ1) is 9.06. The molecule has 0 aliphatic rings. The van der Waals surface area contributed by atoms with Gasteiger partial charge in [-0.3, -0.25) is 14.9 Å². The molecule has 1 N–H and O–H groups in total. The van der Waals surface area contributed by atoms with Crippen molar-refractivity contribution in [1.82, 2.24) is 5.32 Å². The third-order valence-electron chi connectivity index (χ3n) is 2.25. The lowest BCUT2D eigenvalue weighted by Crippen LogP contribution is -2.25. The van der Waals surface area contributed by atoms with Crippen LogP contribution < -0.4 is 5.32 Å². The zero-order valence-corrected chi connectivity index (χ0v) is 10.1. The summed E-state index contributed by atoms with van der Waals surface area (Å²) in [5.74, 6) is -1.53. The van der Waals surface area contributed by atoms with Gasteiger partial charge in [0.2, 0.25) is 5.82 Å². The number of halogens is 1. The van der Waals surface area contributed by atoms with Gasteiger partial charge in [-0.15, -0.1) is 0 Å². The Morgan fingerprint density at radius 2 is 2.32 bits per heavy atom. The van der Waals surface area contributed by atoms with E-state index < -0.39 is 22.3 Å². The Morgan fingerprint density at radius 3 is 2.89 bits per heavy atom.